The molecule has 0 aromatic heterocycles. The van der Waals surface area contributed by atoms with Crippen LogP contribution in [0.3, 0.4) is 0 Å². The molecule has 8 heavy (non-hydrogen) atoms. The number of aliphatic hydroxyl groups excluding tert-OH is 1. The van der Waals surface area contributed by atoms with E-state index in [0.717, 1.165) is 6.42 Å². The first kappa shape index (κ1) is 7.85. The standard InChI is InChI=1S/C5H11NOS/c1-2-3-4(7)5(6)8/h4,7H,2-3H2,1H3,(H2,6,8). The zero-order chi connectivity index (χ0) is 6.57. The summed E-state index contributed by atoms with van der Waals surface area (Å²) in [5, 5.41) is 8.86. The maximum absolute atomic E-state index is 8.86. The molecule has 0 bridgehead atoms. The van der Waals surface area contributed by atoms with Crippen molar-refractivity contribution < 1.29 is 5.11 Å². The summed E-state index contributed by atoms with van der Waals surface area (Å²) in [5.41, 5.74) is 5.10. The minimum Gasteiger partial charge on any atom is -0.391 e. The second-order valence-corrected chi connectivity index (χ2v) is 2.18. The molecular formula is C5H11NOS. The van der Waals surface area contributed by atoms with E-state index >= 15 is 0 Å². The lowest BCUT2D eigenvalue weighted by molar-refractivity contribution is 0.231. The second-order valence-electron chi connectivity index (χ2n) is 1.71. The Bertz CT molecular complexity index is 84.5. The number of nitrogens with two attached hydrogens (primary N) is 1. The molecule has 0 aromatic carbocycles. The van der Waals surface area contributed by atoms with Crippen molar-refractivity contribution in [3.63, 3.8) is 0 Å². The number of hydrogen-bond acceptors (Lipinski definition) is 2. The summed E-state index contributed by atoms with van der Waals surface area (Å²) in [7, 11) is 0. The molecule has 0 amide bonds. The molecule has 1 unspecified atom stereocenters. The van der Waals surface area contributed by atoms with Gasteiger partial charge < -0.3 is 10.8 Å². The van der Waals surface area contributed by atoms with Crippen molar-refractivity contribution >= 4 is 17.2 Å². The van der Waals surface area contributed by atoms with Gasteiger partial charge in [-0.2, -0.15) is 0 Å². The maximum atomic E-state index is 8.86. The Morgan fingerprint density at radius 3 is 2.50 bits per heavy atom. The molecule has 0 saturated heterocycles. The second kappa shape index (κ2) is 3.80. The van der Waals surface area contributed by atoms with Crippen LogP contribution in [-0.4, -0.2) is 16.2 Å². The van der Waals surface area contributed by atoms with Gasteiger partial charge in [0, 0.05) is 0 Å². The van der Waals surface area contributed by atoms with Crippen LogP contribution >= 0.6 is 12.2 Å². The molecule has 3 heteroatoms. The molecular weight excluding hydrogens is 122 g/mol. The molecule has 0 aliphatic carbocycles. The van der Waals surface area contributed by atoms with Crippen LogP contribution in [-0.2, 0) is 0 Å². The van der Waals surface area contributed by atoms with Gasteiger partial charge in [-0.1, -0.05) is 25.6 Å². The number of rotatable bonds is 3. The van der Waals surface area contributed by atoms with Crippen molar-refractivity contribution in [3.05, 3.63) is 0 Å². The normalized spacial score (nSPS) is 13.2. The van der Waals surface area contributed by atoms with E-state index in [1.807, 2.05) is 6.92 Å². The summed E-state index contributed by atoms with van der Waals surface area (Å²) in [6.45, 7) is 1.97. The molecule has 0 aromatic rings. The van der Waals surface area contributed by atoms with Gasteiger partial charge in [-0.05, 0) is 6.42 Å². The van der Waals surface area contributed by atoms with Gasteiger partial charge in [0.25, 0.3) is 0 Å². The fraction of sp³-hybridized carbons (Fsp3) is 0.800. The highest BCUT2D eigenvalue weighted by molar-refractivity contribution is 7.80. The molecule has 0 saturated carbocycles. The van der Waals surface area contributed by atoms with Crippen molar-refractivity contribution in [3.8, 4) is 0 Å². The first-order valence-corrected chi connectivity index (χ1v) is 3.06. The molecule has 0 radical (unpaired) electrons. The quantitative estimate of drug-likeness (QED) is 0.549. The smallest absolute Gasteiger partial charge is 0.104 e. The monoisotopic (exact) mass is 133 g/mol. The third-order valence-electron chi connectivity index (χ3n) is 0.891. The molecule has 0 fully saturated rings. The predicted octanol–water partition coefficient (Wildman–Crippen LogP) is 0.434. The Morgan fingerprint density at radius 1 is 1.88 bits per heavy atom. The lowest BCUT2D eigenvalue weighted by Crippen LogP contribution is -2.25. The van der Waals surface area contributed by atoms with E-state index in [1.165, 1.54) is 0 Å². The van der Waals surface area contributed by atoms with Crippen molar-refractivity contribution in [2.24, 2.45) is 5.73 Å². The fourth-order valence-corrected chi connectivity index (χ4v) is 0.534. The van der Waals surface area contributed by atoms with E-state index in [1.54, 1.807) is 0 Å². The van der Waals surface area contributed by atoms with Crippen LogP contribution < -0.4 is 5.73 Å². The number of hydrogen-bond donors (Lipinski definition) is 2. The lowest BCUT2D eigenvalue weighted by atomic mass is 10.2. The highest BCUT2D eigenvalue weighted by atomic mass is 32.1. The van der Waals surface area contributed by atoms with Gasteiger partial charge in [0.1, 0.15) is 11.1 Å². The first-order chi connectivity index (χ1) is 3.68. The molecule has 0 aliphatic rings. The van der Waals surface area contributed by atoms with Crippen molar-refractivity contribution in [2.45, 2.75) is 25.9 Å². The topological polar surface area (TPSA) is 46.2 Å². The van der Waals surface area contributed by atoms with Gasteiger partial charge in [0.2, 0.25) is 0 Å². The third kappa shape index (κ3) is 2.93. The molecule has 1 atom stereocenters. The number of aliphatic hydroxyl groups is 1. The van der Waals surface area contributed by atoms with Crippen molar-refractivity contribution in [1.29, 1.82) is 0 Å². The molecule has 0 rings (SSSR count). The van der Waals surface area contributed by atoms with Crippen LogP contribution in [0.1, 0.15) is 19.8 Å². The molecule has 2 nitrogen and oxygen atoms in total. The Morgan fingerprint density at radius 2 is 2.38 bits per heavy atom. The van der Waals surface area contributed by atoms with Crippen molar-refractivity contribution in [2.75, 3.05) is 0 Å². The zero-order valence-corrected chi connectivity index (χ0v) is 5.74. The van der Waals surface area contributed by atoms with Crippen LogP contribution in [0.2, 0.25) is 0 Å². The van der Waals surface area contributed by atoms with Gasteiger partial charge in [0.05, 0.1) is 0 Å². The summed E-state index contributed by atoms with van der Waals surface area (Å²) in [5.74, 6) is 0. The lowest BCUT2D eigenvalue weighted by Gasteiger charge is -2.03. The first-order valence-electron chi connectivity index (χ1n) is 2.66. The molecule has 3 N–H and O–H groups in total. The summed E-state index contributed by atoms with van der Waals surface area (Å²) in [6.07, 6.45) is 1.02. The highest BCUT2D eigenvalue weighted by Crippen LogP contribution is 1.94. The van der Waals surface area contributed by atoms with Crippen molar-refractivity contribution in [1.82, 2.24) is 0 Å². The van der Waals surface area contributed by atoms with E-state index < -0.39 is 6.10 Å². The summed E-state index contributed by atoms with van der Waals surface area (Å²) < 4.78 is 0. The van der Waals surface area contributed by atoms with E-state index in [2.05, 4.69) is 12.2 Å². The summed E-state index contributed by atoms with van der Waals surface area (Å²) in [4.78, 5) is 0.201. The van der Waals surface area contributed by atoms with Crippen LogP contribution in [0.15, 0.2) is 0 Å². The SMILES string of the molecule is CCCC(O)C(N)=S. The fourth-order valence-electron chi connectivity index (χ4n) is 0.416. The van der Waals surface area contributed by atoms with Gasteiger partial charge in [-0.3, -0.25) is 0 Å². The minimum atomic E-state index is -0.574. The largest absolute Gasteiger partial charge is 0.391 e. The minimum absolute atomic E-state index is 0.201. The maximum Gasteiger partial charge on any atom is 0.104 e. The van der Waals surface area contributed by atoms with Crippen LogP contribution in [0, 0.1) is 0 Å². The van der Waals surface area contributed by atoms with E-state index in [-0.39, 0.29) is 4.99 Å². The highest BCUT2D eigenvalue weighted by Gasteiger charge is 2.02. The van der Waals surface area contributed by atoms with E-state index in [4.69, 9.17) is 10.8 Å². The third-order valence-corrected chi connectivity index (χ3v) is 1.16. The summed E-state index contributed by atoms with van der Waals surface area (Å²) >= 11 is 4.51. The average Bonchev–Trinajstić information content (AvgIpc) is 1.67. The Kier molecular flexibility index (Phi) is 3.73. The van der Waals surface area contributed by atoms with Gasteiger partial charge in [-0.15, -0.1) is 0 Å². The molecule has 48 valence electrons. The van der Waals surface area contributed by atoms with E-state index in [9.17, 15) is 0 Å². The Balaban J connectivity index is 3.32. The molecule has 0 heterocycles. The van der Waals surface area contributed by atoms with Crippen LogP contribution in [0.25, 0.3) is 0 Å². The zero-order valence-electron chi connectivity index (χ0n) is 4.92. The van der Waals surface area contributed by atoms with Gasteiger partial charge in [-0.25, -0.2) is 0 Å². The predicted molar refractivity (Wildman–Crippen MR) is 37.7 cm³/mol. The van der Waals surface area contributed by atoms with Crippen LogP contribution in [0.4, 0.5) is 0 Å². The van der Waals surface area contributed by atoms with Crippen LogP contribution in [0.5, 0.6) is 0 Å². The summed E-state index contributed by atoms with van der Waals surface area (Å²) in [6, 6.07) is 0. The van der Waals surface area contributed by atoms with Gasteiger partial charge in [0.15, 0.2) is 0 Å². The molecule has 0 aliphatic heterocycles. The van der Waals surface area contributed by atoms with E-state index in [0.29, 0.717) is 6.42 Å². The average molecular weight is 133 g/mol. The Hall–Kier alpha value is -0.150. The number of thiocarbonyl (C=S) groups is 1. The van der Waals surface area contributed by atoms with Gasteiger partial charge >= 0.3 is 0 Å². The Labute approximate surface area is 54.7 Å². The molecule has 0 spiro atoms.